The van der Waals surface area contributed by atoms with Gasteiger partial charge in [0.25, 0.3) is 0 Å². The van der Waals surface area contributed by atoms with Gasteiger partial charge in [-0.15, -0.1) is 0 Å². The number of fused-ring (bicyclic) bond motifs is 1. The fourth-order valence-electron chi connectivity index (χ4n) is 3.47. The Balaban J connectivity index is 1.85. The molecule has 3 nitrogen and oxygen atoms in total. The topological polar surface area (TPSA) is 42.0 Å². The Hall–Kier alpha value is -2.18. The number of benzene rings is 1. The minimum Gasteiger partial charge on any atom is -0.324 e. The lowest BCUT2D eigenvalue weighted by Crippen LogP contribution is -2.39. The third kappa shape index (κ3) is 4.14. The summed E-state index contributed by atoms with van der Waals surface area (Å²) in [6.45, 7) is 3.25. The number of hydrogen-bond acceptors (Lipinski definition) is 2. The quantitative estimate of drug-likeness (QED) is 0.712. The predicted octanol–water partition coefficient (Wildman–Crippen LogP) is 5.46. The number of rotatable bonds is 5. The van der Waals surface area contributed by atoms with Crippen LogP contribution in [0, 0.1) is 16.6 Å². The van der Waals surface area contributed by atoms with Crippen LogP contribution in [0.2, 0.25) is 0 Å². The highest BCUT2D eigenvalue weighted by Crippen LogP contribution is 2.55. The number of hydrogen-bond donors (Lipinski definition) is 1. The molecule has 1 unspecified atom stereocenters. The van der Waals surface area contributed by atoms with E-state index in [-0.39, 0.29) is 23.0 Å². The number of amides is 1. The third-order valence-corrected chi connectivity index (χ3v) is 4.98. The summed E-state index contributed by atoms with van der Waals surface area (Å²) >= 11 is 0. The van der Waals surface area contributed by atoms with E-state index < -0.39 is 29.7 Å². The molecule has 7 heteroatoms. The smallest absolute Gasteiger partial charge is 0.324 e. The van der Waals surface area contributed by atoms with E-state index in [1.165, 1.54) is 31.3 Å². The van der Waals surface area contributed by atoms with Gasteiger partial charge in [0.15, 0.2) is 0 Å². The highest BCUT2D eigenvalue weighted by molar-refractivity contribution is 5.96. The molecule has 1 atom stereocenters. The van der Waals surface area contributed by atoms with Crippen LogP contribution in [0.3, 0.4) is 0 Å². The van der Waals surface area contributed by atoms with Crippen LogP contribution in [-0.2, 0) is 4.79 Å². The van der Waals surface area contributed by atoms with Gasteiger partial charge in [0.1, 0.15) is 11.3 Å². The molecule has 1 aliphatic rings. The molecule has 140 valence electrons. The fraction of sp³-hybridized carbons (Fsp3) is 0.474. The Morgan fingerprint density at radius 3 is 2.62 bits per heavy atom. The van der Waals surface area contributed by atoms with Gasteiger partial charge in [-0.05, 0) is 36.8 Å². The summed E-state index contributed by atoms with van der Waals surface area (Å²) < 4.78 is 52.9. The lowest BCUT2D eigenvalue weighted by Gasteiger charge is -2.32. The Bertz CT molecular complexity index is 836. The molecule has 1 aromatic heterocycles. The zero-order valence-corrected chi connectivity index (χ0v) is 14.6. The number of anilines is 1. The Morgan fingerprint density at radius 1 is 1.31 bits per heavy atom. The van der Waals surface area contributed by atoms with Crippen LogP contribution in [0.25, 0.3) is 10.9 Å². The summed E-state index contributed by atoms with van der Waals surface area (Å²) in [5.74, 6) is -1.19. The first-order valence-corrected chi connectivity index (χ1v) is 8.42. The number of para-hydroxylation sites is 1. The van der Waals surface area contributed by atoms with Crippen LogP contribution in [0.4, 0.5) is 23.2 Å². The predicted molar refractivity (Wildman–Crippen MR) is 91.1 cm³/mol. The number of carbonyl (C=O) groups is 1. The van der Waals surface area contributed by atoms with Crippen LogP contribution >= 0.6 is 0 Å². The van der Waals surface area contributed by atoms with Crippen LogP contribution in [0.5, 0.6) is 0 Å². The second kappa shape index (κ2) is 6.21. The SMILES string of the molecule is CC1(CC(C)(CC(F)(F)F)C(=O)Nc2cnc3c(F)cccc3c2)CC1. The average Bonchev–Trinajstić information content (AvgIpc) is 3.22. The summed E-state index contributed by atoms with van der Waals surface area (Å²) in [5.41, 5.74) is -1.39. The van der Waals surface area contributed by atoms with E-state index >= 15 is 0 Å². The summed E-state index contributed by atoms with van der Waals surface area (Å²) in [7, 11) is 0. The van der Waals surface area contributed by atoms with Crippen molar-refractivity contribution in [2.24, 2.45) is 10.8 Å². The minimum atomic E-state index is -4.44. The number of halogens is 4. The number of pyridine rings is 1. The molecule has 1 N–H and O–H groups in total. The second-order valence-corrected chi connectivity index (χ2v) is 7.83. The highest BCUT2D eigenvalue weighted by Gasteiger charge is 2.51. The van der Waals surface area contributed by atoms with Crippen molar-refractivity contribution >= 4 is 22.5 Å². The zero-order chi connectivity index (χ0) is 19.2. The summed E-state index contributed by atoms with van der Waals surface area (Å²) in [5, 5.41) is 3.01. The average molecular weight is 368 g/mol. The molecule has 1 heterocycles. The lowest BCUT2D eigenvalue weighted by atomic mass is 9.76. The highest BCUT2D eigenvalue weighted by atomic mass is 19.4. The van der Waals surface area contributed by atoms with E-state index in [1.807, 2.05) is 6.92 Å². The molecule has 1 aromatic carbocycles. The second-order valence-electron chi connectivity index (χ2n) is 7.83. The Morgan fingerprint density at radius 2 is 2.00 bits per heavy atom. The van der Waals surface area contributed by atoms with Crippen molar-refractivity contribution in [2.45, 2.75) is 45.7 Å². The molecule has 0 radical (unpaired) electrons. The molecule has 1 aliphatic carbocycles. The van der Waals surface area contributed by atoms with Gasteiger partial charge in [-0.2, -0.15) is 13.2 Å². The molecule has 0 saturated heterocycles. The molecule has 3 rings (SSSR count). The molecule has 0 aliphatic heterocycles. The number of nitrogens with one attached hydrogen (secondary N) is 1. The van der Waals surface area contributed by atoms with Gasteiger partial charge in [-0.25, -0.2) is 4.39 Å². The zero-order valence-electron chi connectivity index (χ0n) is 14.6. The van der Waals surface area contributed by atoms with Crippen molar-refractivity contribution in [1.29, 1.82) is 0 Å². The standard InChI is InChI=1S/C19H20F4N2O/c1-17(6-7-17)10-18(2,11-19(21,22)23)16(26)25-13-8-12-4-3-5-14(20)15(12)24-9-13/h3-5,8-9H,6-7,10-11H2,1-2H3,(H,25,26). The van der Waals surface area contributed by atoms with E-state index in [0.717, 1.165) is 12.8 Å². The Kier molecular flexibility index (Phi) is 4.45. The van der Waals surface area contributed by atoms with Crippen molar-refractivity contribution in [3.05, 3.63) is 36.3 Å². The lowest BCUT2D eigenvalue weighted by molar-refractivity contribution is -0.166. The van der Waals surface area contributed by atoms with Gasteiger partial charge in [0, 0.05) is 5.39 Å². The molecule has 26 heavy (non-hydrogen) atoms. The van der Waals surface area contributed by atoms with Gasteiger partial charge >= 0.3 is 6.18 Å². The van der Waals surface area contributed by atoms with Crippen molar-refractivity contribution in [3.63, 3.8) is 0 Å². The van der Waals surface area contributed by atoms with E-state index in [1.54, 1.807) is 6.07 Å². The first kappa shape index (κ1) is 18.6. The van der Waals surface area contributed by atoms with E-state index in [2.05, 4.69) is 10.3 Å². The van der Waals surface area contributed by atoms with Gasteiger partial charge in [0.05, 0.1) is 23.7 Å². The van der Waals surface area contributed by atoms with Gasteiger partial charge in [-0.3, -0.25) is 9.78 Å². The van der Waals surface area contributed by atoms with Crippen LogP contribution in [0.1, 0.15) is 39.5 Å². The maximum absolute atomic E-state index is 13.7. The molecule has 1 amide bonds. The maximum Gasteiger partial charge on any atom is 0.390 e. The molecular weight excluding hydrogens is 348 g/mol. The van der Waals surface area contributed by atoms with E-state index in [4.69, 9.17) is 0 Å². The van der Waals surface area contributed by atoms with Crippen molar-refractivity contribution in [3.8, 4) is 0 Å². The maximum atomic E-state index is 13.7. The van der Waals surface area contributed by atoms with Gasteiger partial charge in [-0.1, -0.05) is 26.0 Å². The van der Waals surface area contributed by atoms with Crippen molar-refractivity contribution < 1.29 is 22.4 Å². The van der Waals surface area contributed by atoms with Crippen LogP contribution in [0.15, 0.2) is 30.5 Å². The van der Waals surface area contributed by atoms with Crippen LogP contribution < -0.4 is 5.32 Å². The summed E-state index contributed by atoms with van der Waals surface area (Å²) in [4.78, 5) is 16.7. The largest absolute Gasteiger partial charge is 0.390 e. The normalized spacial score (nSPS) is 18.4. The number of aromatic nitrogens is 1. The number of carbonyl (C=O) groups excluding carboxylic acids is 1. The molecular formula is C19H20F4N2O. The fourth-order valence-corrected chi connectivity index (χ4v) is 3.47. The number of nitrogens with zero attached hydrogens (tertiary/aromatic N) is 1. The third-order valence-electron chi connectivity index (χ3n) is 4.98. The minimum absolute atomic E-state index is 0.147. The Labute approximate surface area is 148 Å². The van der Waals surface area contributed by atoms with Gasteiger partial charge < -0.3 is 5.32 Å². The van der Waals surface area contributed by atoms with Gasteiger partial charge in [0.2, 0.25) is 5.91 Å². The molecule has 0 spiro atoms. The molecule has 0 bridgehead atoms. The van der Waals surface area contributed by atoms with E-state index in [9.17, 15) is 22.4 Å². The number of alkyl halides is 3. The first-order chi connectivity index (χ1) is 12.0. The molecule has 1 fully saturated rings. The molecule has 1 saturated carbocycles. The summed E-state index contributed by atoms with van der Waals surface area (Å²) in [6.07, 6.45) is -2.55. The summed E-state index contributed by atoms with van der Waals surface area (Å²) in [6, 6.07) is 5.91. The molecule has 2 aromatic rings. The van der Waals surface area contributed by atoms with Crippen molar-refractivity contribution in [2.75, 3.05) is 5.32 Å². The van der Waals surface area contributed by atoms with Crippen molar-refractivity contribution in [1.82, 2.24) is 4.98 Å². The van der Waals surface area contributed by atoms with Crippen LogP contribution in [-0.4, -0.2) is 17.1 Å². The first-order valence-electron chi connectivity index (χ1n) is 8.42. The van der Waals surface area contributed by atoms with E-state index in [0.29, 0.717) is 5.39 Å². The monoisotopic (exact) mass is 368 g/mol.